The minimum atomic E-state index is -0.764. The molecule has 0 saturated heterocycles. The van der Waals surface area contributed by atoms with E-state index in [1.165, 1.54) is 0 Å². The van der Waals surface area contributed by atoms with Crippen molar-refractivity contribution in [2.45, 2.75) is 40.0 Å². The Morgan fingerprint density at radius 2 is 2.11 bits per heavy atom. The molecule has 0 aromatic rings. The van der Waals surface area contributed by atoms with Crippen molar-refractivity contribution in [2.75, 3.05) is 13.6 Å². The van der Waals surface area contributed by atoms with Crippen LogP contribution >= 0.6 is 0 Å². The Labute approximate surface area is 109 Å². The van der Waals surface area contributed by atoms with E-state index < -0.39 is 5.41 Å². The van der Waals surface area contributed by atoms with Crippen LogP contribution in [0.15, 0.2) is 5.16 Å². The maximum absolute atomic E-state index is 12.5. The molecule has 0 unspecified atom stereocenters. The second-order valence-electron chi connectivity index (χ2n) is 5.99. The van der Waals surface area contributed by atoms with Crippen LogP contribution < -0.4 is 5.73 Å². The summed E-state index contributed by atoms with van der Waals surface area (Å²) in [4.78, 5) is 14.2. The van der Waals surface area contributed by atoms with Crippen LogP contribution in [0.2, 0.25) is 0 Å². The van der Waals surface area contributed by atoms with Gasteiger partial charge in [0.1, 0.15) is 5.41 Å². The second kappa shape index (κ2) is 5.59. The molecule has 5 nitrogen and oxygen atoms in total. The van der Waals surface area contributed by atoms with Gasteiger partial charge in [-0.05, 0) is 31.1 Å². The molecule has 1 aliphatic carbocycles. The highest BCUT2D eigenvalue weighted by Crippen LogP contribution is 2.46. The lowest BCUT2D eigenvalue weighted by Crippen LogP contribution is -2.57. The molecule has 104 valence electrons. The Kier molecular flexibility index (Phi) is 4.59. The Balaban J connectivity index is 2.73. The number of amides is 1. The van der Waals surface area contributed by atoms with Crippen LogP contribution in [0.5, 0.6) is 0 Å². The van der Waals surface area contributed by atoms with Crippen LogP contribution in [-0.4, -0.2) is 35.4 Å². The van der Waals surface area contributed by atoms with E-state index in [-0.39, 0.29) is 11.7 Å². The van der Waals surface area contributed by atoms with Gasteiger partial charge in [-0.2, -0.15) is 0 Å². The van der Waals surface area contributed by atoms with Gasteiger partial charge < -0.3 is 15.8 Å². The summed E-state index contributed by atoms with van der Waals surface area (Å²) in [7, 11) is 1.79. The van der Waals surface area contributed by atoms with Crippen LogP contribution in [0.1, 0.15) is 40.0 Å². The van der Waals surface area contributed by atoms with Crippen molar-refractivity contribution in [3.63, 3.8) is 0 Å². The first kappa shape index (κ1) is 14.8. The maximum Gasteiger partial charge on any atom is 0.236 e. The predicted molar refractivity (Wildman–Crippen MR) is 71.3 cm³/mol. The zero-order chi connectivity index (χ0) is 13.9. The highest BCUT2D eigenvalue weighted by Gasteiger charge is 2.53. The first-order chi connectivity index (χ1) is 8.33. The molecule has 0 radical (unpaired) electrons. The first-order valence-corrected chi connectivity index (χ1v) is 6.57. The topological polar surface area (TPSA) is 78.9 Å². The zero-order valence-electron chi connectivity index (χ0n) is 11.8. The fourth-order valence-electron chi connectivity index (χ4n) is 2.64. The van der Waals surface area contributed by atoms with Gasteiger partial charge in [-0.3, -0.25) is 4.79 Å². The third-order valence-corrected chi connectivity index (χ3v) is 3.79. The lowest BCUT2D eigenvalue weighted by Gasteiger charge is -2.45. The van der Waals surface area contributed by atoms with Crippen molar-refractivity contribution >= 4 is 11.7 Å². The molecule has 0 atom stereocenters. The Morgan fingerprint density at radius 3 is 2.50 bits per heavy atom. The summed E-state index contributed by atoms with van der Waals surface area (Å²) in [6.45, 7) is 7.04. The van der Waals surface area contributed by atoms with Gasteiger partial charge in [-0.1, -0.05) is 25.9 Å². The van der Waals surface area contributed by atoms with Crippen molar-refractivity contribution in [3.8, 4) is 0 Å². The Hall–Kier alpha value is -1.26. The van der Waals surface area contributed by atoms with Crippen molar-refractivity contribution < 1.29 is 10.0 Å². The molecule has 18 heavy (non-hydrogen) atoms. The van der Waals surface area contributed by atoms with E-state index in [0.717, 1.165) is 6.42 Å². The minimum absolute atomic E-state index is 0.0171. The molecule has 1 saturated carbocycles. The van der Waals surface area contributed by atoms with E-state index >= 15 is 0 Å². The number of hydrogen-bond acceptors (Lipinski definition) is 3. The van der Waals surface area contributed by atoms with Crippen LogP contribution in [0.4, 0.5) is 0 Å². The largest absolute Gasteiger partial charge is 0.409 e. The molecule has 0 spiro atoms. The highest BCUT2D eigenvalue weighted by molar-refractivity contribution is 6.07. The molecule has 0 aromatic carbocycles. The van der Waals surface area contributed by atoms with Crippen molar-refractivity contribution in [2.24, 2.45) is 28.1 Å². The number of amidine groups is 1. The average Bonchev–Trinajstić information content (AvgIpc) is 2.29. The fraction of sp³-hybridized carbons (Fsp3) is 0.846. The molecule has 3 N–H and O–H groups in total. The number of nitrogens with zero attached hydrogens (tertiary/aromatic N) is 2. The Morgan fingerprint density at radius 1 is 1.56 bits per heavy atom. The summed E-state index contributed by atoms with van der Waals surface area (Å²) >= 11 is 0. The zero-order valence-corrected chi connectivity index (χ0v) is 11.8. The quantitative estimate of drug-likeness (QED) is 0.339. The minimum Gasteiger partial charge on any atom is -0.409 e. The molecule has 0 aliphatic heterocycles. The molecule has 1 aliphatic rings. The summed E-state index contributed by atoms with van der Waals surface area (Å²) < 4.78 is 0. The molecular weight excluding hydrogens is 230 g/mol. The van der Waals surface area contributed by atoms with E-state index in [2.05, 4.69) is 25.9 Å². The van der Waals surface area contributed by atoms with Gasteiger partial charge >= 0.3 is 0 Å². The molecule has 1 fully saturated rings. The SMILES string of the molecule is CC(C)CCN(C)C(=O)C1(C(N)=NO)CC(C)C1. The van der Waals surface area contributed by atoms with E-state index in [1.807, 2.05) is 0 Å². The number of nitrogens with two attached hydrogens (primary N) is 1. The van der Waals surface area contributed by atoms with E-state index in [9.17, 15) is 4.79 Å². The second-order valence-corrected chi connectivity index (χ2v) is 5.99. The summed E-state index contributed by atoms with van der Waals surface area (Å²) in [5.41, 5.74) is 4.96. The first-order valence-electron chi connectivity index (χ1n) is 6.57. The van der Waals surface area contributed by atoms with Crippen LogP contribution in [0.3, 0.4) is 0 Å². The van der Waals surface area contributed by atoms with Gasteiger partial charge in [0, 0.05) is 13.6 Å². The van der Waals surface area contributed by atoms with Gasteiger partial charge in [-0.25, -0.2) is 0 Å². The molecule has 1 amide bonds. The van der Waals surface area contributed by atoms with E-state index in [4.69, 9.17) is 10.9 Å². The third-order valence-electron chi connectivity index (χ3n) is 3.79. The fourth-order valence-corrected chi connectivity index (χ4v) is 2.64. The monoisotopic (exact) mass is 255 g/mol. The normalized spacial score (nSPS) is 28.1. The molecule has 5 heteroatoms. The van der Waals surface area contributed by atoms with Gasteiger partial charge in [0.25, 0.3) is 0 Å². The van der Waals surface area contributed by atoms with Crippen molar-refractivity contribution in [3.05, 3.63) is 0 Å². The lowest BCUT2D eigenvalue weighted by molar-refractivity contribution is -0.143. The van der Waals surface area contributed by atoms with Gasteiger partial charge in [0.15, 0.2) is 5.84 Å². The molecule has 0 aromatic heterocycles. The van der Waals surface area contributed by atoms with E-state index in [0.29, 0.717) is 31.2 Å². The summed E-state index contributed by atoms with van der Waals surface area (Å²) in [6, 6.07) is 0. The Bertz CT molecular complexity index is 333. The number of hydrogen-bond donors (Lipinski definition) is 2. The van der Waals surface area contributed by atoms with Crippen molar-refractivity contribution in [1.29, 1.82) is 0 Å². The summed E-state index contributed by atoms with van der Waals surface area (Å²) in [5, 5.41) is 11.9. The van der Waals surface area contributed by atoms with Crippen molar-refractivity contribution in [1.82, 2.24) is 4.90 Å². The van der Waals surface area contributed by atoms with Gasteiger partial charge in [0.2, 0.25) is 5.91 Å². The smallest absolute Gasteiger partial charge is 0.236 e. The predicted octanol–water partition coefficient (Wildman–Crippen LogP) is 1.65. The number of oxime groups is 1. The standard InChI is InChI=1S/C13H25N3O2/c1-9(2)5-6-16(4)12(17)13(11(14)15-18)7-10(3)8-13/h9-10,18H,5-8H2,1-4H3,(H2,14,15). The van der Waals surface area contributed by atoms with Crippen LogP contribution in [-0.2, 0) is 4.79 Å². The number of carbonyl (C=O) groups excluding carboxylic acids is 1. The summed E-state index contributed by atoms with van der Waals surface area (Å²) in [6.07, 6.45) is 2.31. The maximum atomic E-state index is 12.5. The molecule has 1 rings (SSSR count). The average molecular weight is 255 g/mol. The third kappa shape index (κ3) is 2.76. The highest BCUT2D eigenvalue weighted by atomic mass is 16.4. The molecular formula is C13H25N3O2. The van der Waals surface area contributed by atoms with Crippen LogP contribution in [0, 0.1) is 17.3 Å². The molecule has 0 bridgehead atoms. The molecule has 0 heterocycles. The van der Waals surface area contributed by atoms with Gasteiger partial charge in [0.05, 0.1) is 0 Å². The van der Waals surface area contributed by atoms with Gasteiger partial charge in [-0.15, -0.1) is 0 Å². The lowest BCUT2D eigenvalue weighted by atomic mass is 9.61. The summed E-state index contributed by atoms with van der Waals surface area (Å²) in [5.74, 6) is 1.05. The van der Waals surface area contributed by atoms with E-state index in [1.54, 1.807) is 11.9 Å². The van der Waals surface area contributed by atoms with Crippen LogP contribution in [0.25, 0.3) is 0 Å². The number of carbonyl (C=O) groups is 1. The number of rotatable bonds is 5.